The number of aromatic amines is 1. The van der Waals surface area contributed by atoms with Crippen molar-refractivity contribution in [3.63, 3.8) is 0 Å². The van der Waals surface area contributed by atoms with Gasteiger partial charge in [0.05, 0.1) is 17.9 Å². The Hall–Kier alpha value is -2.74. The van der Waals surface area contributed by atoms with Crippen LogP contribution in [0.1, 0.15) is 74.8 Å². The molecular weight excluding hydrogens is 431 g/mol. The van der Waals surface area contributed by atoms with E-state index in [2.05, 4.69) is 10.1 Å². The van der Waals surface area contributed by atoms with E-state index >= 15 is 0 Å². The van der Waals surface area contributed by atoms with Gasteiger partial charge in [-0.15, -0.1) is 0 Å². The second-order valence-electron chi connectivity index (χ2n) is 9.49. The van der Waals surface area contributed by atoms with E-state index < -0.39 is 5.67 Å². The summed E-state index contributed by atoms with van der Waals surface area (Å²) in [6.07, 6.45) is 9.82. The standard InChI is InChI=1S/C23H24ClFN6O/c1-23(25)7-4-14(5-8-23)31-21-17(11-26-31)22(32)29-20(28-21)16-3-2-15(16)18-12-30-9-6-13(24)10-19(30)27-18/h6,9-12,14-16H,2-5,7-8H2,1H3,(H,28,29,32). The number of halogens is 2. The minimum atomic E-state index is -1.12. The van der Waals surface area contributed by atoms with Crippen molar-refractivity contribution in [2.24, 2.45) is 0 Å². The van der Waals surface area contributed by atoms with Crippen LogP contribution in [0, 0.1) is 0 Å². The van der Waals surface area contributed by atoms with Crippen LogP contribution in [0.25, 0.3) is 16.7 Å². The van der Waals surface area contributed by atoms with Gasteiger partial charge in [0, 0.05) is 29.3 Å². The number of aromatic nitrogens is 6. The second kappa shape index (κ2) is 7.13. The lowest BCUT2D eigenvalue weighted by molar-refractivity contribution is 0.103. The van der Waals surface area contributed by atoms with Crippen LogP contribution in [-0.2, 0) is 0 Å². The van der Waals surface area contributed by atoms with E-state index in [-0.39, 0.29) is 23.4 Å². The zero-order valence-electron chi connectivity index (χ0n) is 17.8. The molecule has 7 nitrogen and oxygen atoms in total. The van der Waals surface area contributed by atoms with Crippen molar-refractivity contribution in [3.8, 4) is 0 Å². The molecule has 2 fully saturated rings. The van der Waals surface area contributed by atoms with E-state index in [9.17, 15) is 9.18 Å². The molecule has 4 aromatic heterocycles. The highest BCUT2D eigenvalue weighted by Gasteiger charge is 2.38. The molecule has 166 valence electrons. The first-order chi connectivity index (χ1) is 15.4. The van der Waals surface area contributed by atoms with Gasteiger partial charge in [-0.2, -0.15) is 5.10 Å². The summed E-state index contributed by atoms with van der Waals surface area (Å²) >= 11 is 6.10. The largest absolute Gasteiger partial charge is 0.310 e. The second-order valence-corrected chi connectivity index (χ2v) is 9.93. The summed E-state index contributed by atoms with van der Waals surface area (Å²) in [5, 5.41) is 5.61. The fourth-order valence-electron chi connectivity index (χ4n) is 5.18. The zero-order valence-corrected chi connectivity index (χ0v) is 18.5. The number of alkyl halides is 1. The number of H-pyrrole nitrogens is 1. The van der Waals surface area contributed by atoms with Crippen molar-refractivity contribution in [1.82, 2.24) is 29.1 Å². The van der Waals surface area contributed by atoms with E-state index in [1.54, 1.807) is 13.1 Å². The molecule has 0 saturated heterocycles. The minimum Gasteiger partial charge on any atom is -0.310 e. The molecule has 0 aromatic carbocycles. The number of nitrogens with zero attached hydrogens (tertiary/aromatic N) is 5. The van der Waals surface area contributed by atoms with Gasteiger partial charge >= 0.3 is 0 Å². The summed E-state index contributed by atoms with van der Waals surface area (Å²) < 4.78 is 18.1. The highest BCUT2D eigenvalue weighted by atomic mass is 35.5. The smallest absolute Gasteiger partial charge is 0.262 e. The summed E-state index contributed by atoms with van der Waals surface area (Å²) in [7, 11) is 0. The van der Waals surface area contributed by atoms with Crippen molar-refractivity contribution >= 4 is 28.3 Å². The van der Waals surface area contributed by atoms with Gasteiger partial charge < -0.3 is 9.38 Å². The van der Waals surface area contributed by atoms with Crippen molar-refractivity contribution in [2.45, 2.75) is 69.0 Å². The van der Waals surface area contributed by atoms with Gasteiger partial charge in [-0.25, -0.2) is 19.0 Å². The molecule has 2 aliphatic rings. The van der Waals surface area contributed by atoms with Gasteiger partial charge in [0.25, 0.3) is 5.56 Å². The molecule has 9 heteroatoms. The zero-order chi connectivity index (χ0) is 22.0. The number of fused-ring (bicyclic) bond motifs is 2. The van der Waals surface area contributed by atoms with Gasteiger partial charge in [0.1, 0.15) is 22.5 Å². The number of pyridine rings is 1. The Balaban J connectivity index is 1.34. The van der Waals surface area contributed by atoms with Gasteiger partial charge in [-0.3, -0.25) is 4.79 Å². The Morgan fingerprint density at radius 3 is 2.72 bits per heavy atom. The molecule has 4 aromatic rings. The topological polar surface area (TPSA) is 80.9 Å². The molecule has 2 saturated carbocycles. The van der Waals surface area contributed by atoms with Crippen molar-refractivity contribution in [2.75, 3.05) is 0 Å². The quantitative estimate of drug-likeness (QED) is 0.476. The van der Waals surface area contributed by atoms with Crippen LogP contribution in [0.15, 0.2) is 35.5 Å². The summed E-state index contributed by atoms with van der Waals surface area (Å²) in [6, 6.07) is 3.75. The van der Waals surface area contributed by atoms with Crippen LogP contribution in [-0.4, -0.2) is 34.8 Å². The van der Waals surface area contributed by atoms with Crippen LogP contribution >= 0.6 is 11.6 Å². The Bertz CT molecular complexity index is 1380. The normalized spacial score (nSPS) is 28.3. The predicted molar refractivity (Wildman–Crippen MR) is 120 cm³/mol. The fourth-order valence-corrected chi connectivity index (χ4v) is 5.34. The first kappa shape index (κ1) is 19.9. The maximum absolute atomic E-state index is 14.3. The van der Waals surface area contributed by atoms with Crippen molar-refractivity contribution in [1.29, 1.82) is 0 Å². The number of hydrogen-bond donors (Lipinski definition) is 1. The van der Waals surface area contributed by atoms with E-state index in [0.29, 0.717) is 47.6 Å². The number of imidazole rings is 1. The molecule has 32 heavy (non-hydrogen) atoms. The third-order valence-corrected chi connectivity index (χ3v) is 7.51. The molecule has 0 bridgehead atoms. The van der Waals surface area contributed by atoms with Crippen LogP contribution in [0.4, 0.5) is 4.39 Å². The summed E-state index contributed by atoms with van der Waals surface area (Å²) in [6.45, 7) is 1.66. The SMILES string of the molecule is CC1(F)CCC(n2ncc3c(=O)[nH]c(C4CCC4c4cn5ccc(Cl)cc5n4)nc32)CC1. The number of hydrogen-bond acceptors (Lipinski definition) is 4. The van der Waals surface area contributed by atoms with Gasteiger partial charge in [-0.1, -0.05) is 11.6 Å². The minimum absolute atomic E-state index is 0.0684. The first-order valence-electron chi connectivity index (χ1n) is 11.2. The molecule has 2 aliphatic carbocycles. The molecule has 0 radical (unpaired) electrons. The Morgan fingerprint density at radius 2 is 1.97 bits per heavy atom. The lowest BCUT2D eigenvalue weighted by Gasteiger charge is -2.34. The molecule has 0 aliphatic heterocycles. The molecule has 1 N–H and O–H groups in total. The number of nitrogens with one attached hydrogen (secondary N) is 1. The van der Waals surface area contributed by atoms with Gasteiger partial charge in [0.15, 0.2) is 5.65 Å². The third-order valence-electron chi connectivity index (χ3n) is 7.27. The third kappa shape index (κ3) is 3.23. The molecule has 6 rings (SSSR count). The Morgan fingerprint density at radius 1 is 1.19 bits per heavy atom. The summed E-state index contributed by atoms with van der Waals surface area (Å²) in [5.74, 6) is 0.964. The Labute approximate surface area is 188 Å². The highest BCUT2D eigenvalue weighted by molar-refractivity contribution is 6.30. The Kier molecular flexibility index (Phi) is 4.44. The predicted octanol–water partition coefficient (Wildman–Crippen LogP) is 4.93. The average Bonchev–Trinajstić information content (AvgIpc) is 3.31. The summed E-state index contributed by atoms with van der Waals surface area (Å²) in [4.78, 5) is 25.4. The molecule has 2 unspecified atom stereocenters. The monoisotopic (exact) mass is 454 g/mol. The van der Waals surface area contributed by atoms with Crippen LogP contribution in [0.3, 0.4) is 0 Å². The summed E-state index contributed by atoms with van der Waals surface area (Å²) in [5.41, 5.74) is 1.10. The van der Waals surface area contributed by atoms with Crippen molar-refractivity contribution < 1.29 is 4.39 Å². The van der Waals surface area contributed by atoms with E-state index in [1.165, 1.54) is 0 Å². The molecule has 2 atom stereocenters. The lowest BCUT2D eigenvalue weighted by Crippen LogP contribution is -2.29. The fraction of sp³-hybridized carbons (Fsp3) is 0.478. The van der Waals surface area contributed by atoms with E-state index in [4.69, 9.17) is 21.6 Å². The maximum atomic E-state index is 14.3. The molecule has 0 spiro atoms. The van der Waals surface area contributed by atoms with Gasteiger partial charge in [0.2, 0.25) is 0 Å². The van der Waals surface area contributed by atoms with Crippen LogP contribution in [0.2, 0.25) is 5.02 Å². The molecule has 0 amide bonds. The highest BCUT2D eigenvalue weighted by Crippen LogP contribution is 2.47. The number of rotatable bonds is 3. The first-order valence-corrected chi connectivity index (χ1v) is 11.6. The van der Waals surface area contributed by atoms with Gasteiger partial charge in [-0.05, 0) is 57.6 Å². The molecular formula is C23H24ClFN6O. The van der Waals surface area contributed by atoms with Crippen LogP contribution < -0.4 is 5.56 Å². The van der Waals surface area contributed by atoms with E-state index in [1.807, 2.05) is 33.6 Å². The average molecular weight is 455 g/mol. The van der Waals surface area contributed by atoms with Crippen molar-refractivity contribution in [3.05, 3.63) is 57.6 Å². The lowest BCUT2D eigenvalue weighted by atomic mass is 9.71. The van der Waals surface area contributed by atoms with E-state index in [0.717, 1.165) is 24.2 Å². The maximum Gasteiger partial charge on any atom is 0.262 e. The van der Waals surface area contributed by atoms with Crippen LogP contribution in [0.5, 0.6) is 0 Å². The molecule has 4 heterocycles.